The van der Waals surface area contributed by atoms with Gasteiger partial charge in [-0.2, -0.15) is 0 Å². The monoisotopic (exact) mass is 314 g/mol. The summed E-state index contributed by atoms with van der Waals surface area (Å²) >= 11 is 0. The molecule has 21 heavy (non-hydrogen) atoms. The van der Waals surface area contributed by atoms with Crippen LogP contribution in [0.25, 0.3) is 0 Å². The smallest absolute Gasteiger partial charge is 0.211 e. The Kier molecular flexibility index (Phi) is 5.72. The van der Waals surface area contributed by atoms with E-state index in [9.17, 15) is 12.8 Å². The summed E-state index contributed by atoms with van der Waals surface area (Å²) in [6, 6.07) is 6.53. The fourth-order valence-corrected chi connectivity index (χ4v) is 3.63. The molecule has 0 radical (unpaired) electrons. The van der Waals surface area contributed by atoms with Crippen LogP contribution in [0.2, 0.25) is 0 Å². The molecule has 0 spiro atoms. The first-order valence-electron chi connectivity index (χ1n) is 7.35. The summed E-state index contributed by atoms with van der Waals surface area (Å²) in [5, 5.41) is 3.37. The highest BCUT2D eigenvalue weighted by molar-refractivity contribution is 7.88. The SMILES string of the molecule is CS(=O)(=O)N1CCCC(CNCCc2ccc(F)cc2)C1. The van der Waals surface area contributed by atoms with Gasteiger partial charge in [-0.25, -0.2) is 17.1 Å². The summed E-state index contributed by atoms with van der Waals surface area (Å²) in [4.78, 5) is 0. The first-order chi connectivity index (χ1) is 9.95. The Balaban J connectivity index is 1.70. The first kappa shape index (κ1) is 16.4. The molecule has 2 rings (SSSR count). The van der Waals surface area contributed by atoms with Crippen LogP contribution in [0.4, 0.5) is 4.39 Å². The van der Waals surface area contributed by atoms with Gasteiger partial charge in [0.15, 0.2) is 0 Å². The number of sulfonamides is 1. The lowest BCUT2D eigenvalue weighted by Crippen LogP contribution is -2.42. The maximum Gasteiger partial charge on any atom is 0.211 e. The predicted octanol–water partition coefficient (Wildman–Crippen LogP) is 1.63. The third-order valence-electron chi connectivity index (χ3n) is 3.89. The van der Waals surface area contributed by atoms with Crippen LogP contribution in [-0.2, 0) is 16.4 Å². The van der Waals surface area contributed by atoms with Crippen molar-refractivity contribution in [1.29, 1.82) is 0 Å². The van der Waals surface area contributed by atoms with Crippen LogP contribution in [0.15, 0.2) is 24.3 Å². The second kappa shape index (κ2) is 7.33. The van der Waals surface area contributed by atoms with Crippen LogP contribution in [0.5, 0.6) is 0 Å². The molecule has 4 nitrogen and oxygen atoms in total. The zero-order valence-electron chi connectivity index (χ0n) is 12.4. The molecule has 1 atom stereocenters. The molecule has 0 aliphatic carbocycles. The van der Waals surface area contributed by atoms with Gasteiger partial charge in [0.05, 0.1) is 6.26 Å². The number of halogens is 1. The minimum Gasteiger partial charge on any atom is -0.316 e. The van der Waals surface area contributed by atoms with Crippen LogP contribution >= 0.6 is 0 Å². The lowest BCUT2D eigenvalue weighted by atomic mass is 9.99. The van der Waals surface area contributed by atoms with Gasteiger partial charge in [0.2, 0.25) is 10.0 Å². The molecule has 1 fully saturated rings. The molecule has 0 aromatic heterocycles. The number of rotatable bonds is 6. The third kappa shape index (κ3) is 5.37. The van der Waals surface area contributed by atoms with E-state index < -0.39 is 10.0 Å². The molecule has 0 bridgehead atoms. The molecule has 118 valence electrons. The van der Waals surface area contributed by atoms with E-state index in [0.29, 0.717) is 19.0 Å². The summed E-state index contributed by atoms with van der Waals surface area (Å²) in [6.45, 7) is 2.90. The maximum atomic E-state index is 12.8. The Morgan fingerprint density at radius 1 is 1.33 bits per heavy atom. The predicted molar refractivity (Wildman–Crippen MR) is 82.1 cm³/mol. The van der Waals surface area contributed by atoms with Crippen molar-refractivity contribution in [3.8, 4) is 0 Å². The molecule has 1 unspecified atom stereocenters. The number of piperidine rings is 1. The fraction of sp³-hybridized carbons (Fsp3) is 0.600. The summed E-state index contributed by atoms with van der Waals surface area (Å²) < 4.78 is 37.5. The topological polar surface area (TPSA) is 49.4 Å². The van der Waals surface area contributed by atoms with Crippen molar-refractivity contribution in [1.82, 2.24) is 9.62 Å². The van der Waals surface area contributed by atoms with E-state index in [0.717, 1.165) is 37.9 Å². The van der Waals surface area contributed by atoms with Crippen molar-refractivity contribution < 1.29 is 12.8 Å². The molecule has 0 saturated carbocycles. The Morgan fingerprint density at radius 2 is 2.05 bits per heavy atom. The number of nitrogens with one attached hydrogen (secondary N) is 1. The van der Waals surface area contributed by atoms with Gasteiger partial charge in [-0.1, -0.05) is 12.1 Å². The van der Waals surface area contributed by atoms with E-state index in [1.807, 2.05) is 0 Å². The van der Waals surface area contributed by atoms with Crippen LogP contribution in [0, 0.1) is 11.7 Å². The van der Waals surface area contributed by atoms with E-state index in [-0.39, 0.29) is 5.82 Å². The Morgan fingerprint density at radius 3 is 2.71 bits per heavy atom. The van der Waals surface area contributed by atoms with Crippen molar-refractivity contribution in [2.24, 2.45) is 5.92 Å². The standard InChI is InChI=1S/C15H23FN2O2S/c1-21(19,20)18-10-2-3-14(12-18)11-17-9-8-13-4-6-15(16)7-5-13/h4-7,14,17H,2-3,8-12H2,1H3. The van der Waals surface area contributed by atoms with Gasteiger partial charge < -0.3 is 5.32 Å². The highest BCUT2D eigenvalue weighted by Gasteiger charge is 2.25. The van der Waals surface area contributed by atoms with Crippen LogP contribution < -0.4 is 5.32 Å². The number of benzene rings is 1. The minimum atomic E-state index is -3.07. The van der Waals surface area contributed by atoms with Gasteiger partial charge in [-0.3, -0.25) is 0 Å². The van der Waals surface area contributed by atoms with Crippen LogP contribution in [0.3, 0.4) is 0 Å². The Bertz CT molecular complexity index is 545. The van der Waals surface area contributed by atoms with Crippen LogP contribution in [-0.4, -0.2) is 45.2 Å². The van der Waals surface area contributed by atoms with E-state index in [1.165, 1.54) is 18.4 Å². The summed E-state index contributed by atoms with van der Waals surface area (Å²) in [5.74, 6) is 0.163. The molecular weight excluding hydrogens is 291 g/mol. The van der Waals surface area contributed by atoms with Crippen LogP contribution in [0.1, 0.15) is 18.4 Å². The number of hydrogen-bond acceptors (Lipinski definition) is 3. The van der Waals surface area contributed by atoms with E-state index in [2.05, 4.69) is 5.32 Å². The molecule has 1 aliphatic heterocycles. The number of hydrogen-bond donors (Lipinski definition) is 1. The van der Waals surface area contributed by atoms with Crippen molar-refractivity contribution in [3.63, 3.8) is 0 Å². The molecule has 6 heteroatoms. The second-order valence-corrected chi connectivity index (χ2v) is 7.69. The molecule has 1 aromatic rings. The number of nitrogens with zero attached hydrogens (tertiary/aromatic N) is 1. The van der Waals surface area contributed by atoms with E-state index >= 15 is 0 Å². The van der Waals surface area contributed by atoms with Gasteiger partial charge in [0.25, 0.3) is 0 Å². The van der Waals surface area contributed by atoms with Crippen molar-refractivity contribution >= 4 is 10.0 Å². The Hall–Kier alpha value is -0.980. The fourth-order valence-electron chi connectivity index (χ4n) is 2.68. The normalized spacial score (nSPS) is 20.6. The molecule has 1 N–H and O–H groups in total. The lowest BCUT2D eigenvalue weighted by Gasteiger charge is -2.31. The van der Waals surface area contributed by atoms with Crippen molar-refractivity contribution in [2.45, 2.75) is 19.3 Å². The largest absolute Gasteiger partial charge is 0.316 e. The van der Waals surface area contributed by atoms with Crippen molar-refractivity contribution in [2.75, 3.05) is 32.4 Å². The quantitative estimate of drug-likeness (QED) is 0.812. The zero-order valence-corrected chi connectivity index (χ0v) is 13.2. The van der Waals surface area contributed by atoms with Crippen molar-refractivity contribution in [3.05, 3.63) is 35.6 Å². The average Bonchev–Trinajstić information content (AvgIpc) is 2.45. The molecular formula is C15H23FN2O2S. The molecule has 0 amide bonds. The van der Waals surface area contributed by atoms with E-state index in [1.54, 1.807) is 16.4 Å². The third-order valence-corrected chi connectivity index (χ3v) is 5.16. The highest BCUT2D eigenvalue weighted by atomic mass is 32.2. The van der Waals surface area contributed by atoms with Gasteiger partial charge >= 0.3 is 0 Å². The average molecular weight is 314 g/mol. The Labute approximate surface area is 126 Å². The summed E-state index contributed by atoms with van der Waals surface area (Å²) in [7, 11) is -3.07. The summed E-state index contributed by atoms with van der Waals surface area (Å²) in [5.41, 5.74) is 1.10. The van der Waals surface area contributed by atoms with Gasteiger partial charge in [0, 0.05) is 13.1 Å². The van der Waals surface area contributed by atoms with E-state index in [4.69, 9.17) is 0 Å². The molecule has 1 aliphatic rings. The zero-order chi connectivity index (χ0) is 15.3. The van der Waals surface area contributed by atoms with Gasteiger partial charge in [0.1, 0.15) is 5.82 Å². The van der Waals surface area contributed by atoms with Gasteiger partial charge in [-0.05, 0) is 56.0 Å². The highest BCUT2D eigenvalue weighted by Crippen LogP contribution is 2.17. The lowest BCUT2D eigenvalue weighted by molar-refractivity contribution is 0.262. The van der Waals surface area contributed by atoms with Gasteiger partial charge in [-0.15, -0.1) is 0 Å². The first-order valence-corrected chi connectivity index (χ1v) is 9.20. The molecule has 1 heterocycles. The molecule has 1 aromatic carbocycles. The second-order valence-electron chi connectivity index (χ2n) is 5.71. The molecule has 1 saturated heterocycles. The summed E-state index contributed by atoms with van der Waals surface area (Å²) in [6.07, 6.45) is 4.12. The maximum absolute atomic E-state index is 12.8. The minimum absolute atomic E-state index is 0.213.